The van der Waals surface area contributed by atoms with Gasteiger partial charge < -0.3 is 14.9 Å². The van der Waals surface area contributed by atoms with E-state index in [9.17, 15) is 14.7 Å². The zero-order valence-corrected chi connectivity index (χ0v) is 12.8. The Morgan fingerprint density at radius 1 is 1.33 bits per heavy atom. The number of hydrogen-bond donors (Lipinski definition) is 2. The molecule has 1 aromatic rings. The minimum Gasteiger partial charge on any atom is -0.481 e. The summed E-state index contributed by atoms with van der Waals surface area (Å²) < 4.78 is 4.96. The molecule has 1 amide bonds. The Kier molecular flexibility index (Phi) is 6.33. The molecule has 1 heterocycles. The van der Waals surface area contributed by atoms with Gasteiger partial charge in [0.2, 0.25) is 11.8 Å². The molecule has 7 nitrogen and oxygen atoms in total. The molecule has 0 radical (unpaired) electrons. The molecule has 118 valence electrons. The van der Waals surface area contributed by atoms with E-state index < -0.39 is 11.4 Å². The van der Waals surface area contributed by atoms with Crippen LogP contribution >= 0.6 is 0 Å². The van der Waals surface area contributed by atoms with Gasteiger partial charge in [-0.25, -0.2) is 0 Å². The zero-order valence-electron chi connectivity index (χ0n) is 12.8. The standard InChI is InChI=1S/C14H23N3O4/c1-4-14(5-2,13(19)20)9-15-11(18)7-6-8-12-16-10(3)17-21-12/h4-9H2,1-3H3,(H,15,18)(H,19,20). The van der Waals surface area contributed by atoms with Crippen LogP contribution in [-0.4, -0.2) is 33.7 Å². The van der Waals surface area contributed by atoms with E-state index in [-0.39, 0.29) is 12.5 Å². The number of carbonyl (C=O) groups excluding carboxylic acids is 1. The molecule has 0 aliphatic carbocycles. The van der Waals surface area contributed by atoms with Crippen molar-refractivity contribution in [3.63, 3.8) is 0 Å². The number of aliphatic carboxylic acids is 1. The first-order chi connectivity index (χ1) is 9.93. The van der Waals surface area contributed by atoms with Crippen molar-refractivity contribution < 1.29 is 19.2 Å². The Bertz CT molecular complexity index is 480. The van der Waals surface area contributed by atoms with Crippen molar-refractivity contribution in [3.05, 3.63) is 11.7 Å². The number of carboxylic acids is 1. The summed E-state index contributed by atoms with van der Waals surface area (Å²) >= 11 is 0. The Labute approximate surface area is 124 Å². The normalized spacial score (nSPS) is 11.4. The van der Waals surface area contributed by atoms with E-state index in [2.05, 4.69) is 15.5 Å². The van der Waals surface area contributed by atoms with E-state index in [1.54, 1.807) is 6.92 Å². The lowest BCUT2D eigenvalue weighted by atomic mass is 9.82. The van der Waals surface area contributed by atoms with Gasteiger partial charge in [0.05, 0.1) is 5.41 Å². The molecule has 0 aliphatic heterocycles. The first-order valence-electron chi connectivity index (χ1n) is 7.22. The second-order valence-corrected chi connectivity index (χ2v) is 5.16. The van der Waals surface area contributed by atoms with Gasteiger partial charge in [0.25, 0.3) is 0 Å². The number of aromatic nitrogens is 2. The van der Waals surface area contributed by atoms with Gasteiger partial charge in [0.1, 0.15) is 0 Å². The lowest BCUT2D eigenvalue weighted by Crippen LogP contribution is -2.42. The van der Waals surface area contributed by atoms with E-state index in [4.69, 9.17) is 4.52 Å². The van der Waals surface area contributed by atoms with Crippen molar-refractivity contribution in [1.82, 2.24) is 15.5 Å². The monoisotopic (exact) mass is 297 g/mol. The van der Waals surface area contributed by atoms with E-state index in [0.717, 1.165) is 0 Å². The van der Waals surface area contributed by atoms with Crippen molar-refractivity contribution in [2.24, 2.45) is 5.41 Å². The molecule has 0 atom stereocenters. The van der Waals surface area contributed by atoms with Crippen LogP contribution in [0.5, 0.6) is 0 Å². The predicted octanol–water partition coefficient (Wildman–Crippen LogP) is 1.71. The second kappa shape index (κ2) is 7.75. The van der Waals surface area contributed by atoms with Crippen LogP contribution in [0.4, 0.5) is 0 Å². The maximum atomic E-state index is 11.8. The lowest BCUT2D eigenvalue weighted by molar-refractivity contribution is -0.149. The summed E-state index contributed by atoms with van der Waals surface area (Å²) in [5, 5.41) is 15.7. The highest BCUT2D eigenvalue weighted by atomic mass is 16.5. The number of hydrogen-bond acceptors (Lipinski definition) is 5. The van der Waals surface area contributed by atoms with Gasteiger partial charge in [-0.2, -0.15) is 4.98 Å². The Morgan fingerprint density at radius 3 is 2.48 bits per heavy atom. The maximum absolute atomic E-state index is 11.8. The quantitative estimate of drug-likeness (QED) is 0.718. The topological polar surface area (TPSA) is 105 Å². The molecule has 2 N–H and O–H groups in total. The maximum Gasteiger partial charge on any atom is 0.311 e. The van der Waals surface area contributed by atoms with Crippen LogP contribution in [0.15, 0.2) is 4.52 Å². The Balaban J connectivity index is 2.34. The van der Waals surface area contributed by atoms with Gasteiger partial charge in [0, 0.05) is 19.4 Å². The van der Waals surface area contributed by atoms with Crippen LogP contribution in [0.3, 0.4) is 0 Å². The second-order valence-electron chi connectivity index (χ2n) is 5.16. The van der Waals surface area contributed by atoms with Crippen molar-refractivity contribution >= 4 is 11.9 Å². The molecule has 1 rings (SSSR count). The fraction of sp³-hybridized carbons (Fsp3) is 0.714. The Morgan fingerprint density at radius 2 is 2.00 bits per heavy atom. The molecular formula is C14H23N3O4. The van der Waals surface area contributed by atoms with Crippen LogP contribution in [-0.2, 0) is 16.0 Å². The van der Waals surface area contributed by atoms with Gasteiger partial charge >= 0.3 is 5.97 Å². The summed E-state index contributed by atoms with van der Waals surface area (Å²) in [6, 6.07) is 0. The van der Waals surface area contributed by atoms with Gasteiger partial charge in [0.15, 0.2) is 5.82 Å². The molecule has 0 aromatic carbocycles. The molecule has 0 saturated carbocycles. The molecule has 0 fully saturated rings. The third kappa shape index (κ3) is 4.84. The number of rotatable bonds is 9. The highest BCUT2D eigenvalue weighted by molar-refractivity contribution is 5.79. The molecule has 0 aliphatic rings. The van der Waals surface area contributed by atoms with Gasteiger partial charge in [-0.3, -0.25) is 9.59 Å². The number of aryl methyl sites for hydroxylation is 2. The van der Waals surface area contributed by atoms with Crippen molar-refractivity contribution in [3.8, 4) is 0 Å². The third-order valence-electron chi connectivity index (χ3n) is 3.80. The number of carbonyl (C=O) groups is 2. The molecule has 21 heavy (non-hydrogen) atoms. The minimum absolute atomic E-state index is 0.154. The fourth-order valence-electron chi connectivity index (χ4n) is 2.08. The molecule has 1 aromatic heterocycles. The summed E-state index contributed by atoms with van der Waals surface area (Å²) in [6.07, 6.45) is 2.41. The summed E-state index contributed by atoms with van der Waals surface area (Å²) in [7, 11) is 0. The molecule has 0 saturated heterocycles. The van der Waals surface area contributed by atoms with Gasteiger partial charge in [-0.1, -0.05) is 19.0 Å². The summed E-state index contributed by atoms with van der Waals surface area (Å²) in [5.74, 6) is 0.0711. The van der Waals surface area contributed by atoms with Crippen LogP contribution < -0.4 is 5.32 Å². The van der Waals surface area contributed by atoms with E-state index >= 15 is 0 Å². The highest BCUT2D eigenvalue weighted by Crippen LogP contribution is 2.25. The van der Waals surface area contributed by atoms with Crippen molar-refractivity contribution in [2.75, 3.05) is 6.54 Å². The van der Waals surface area contributed by atoms with Crippen LogP contribution in [0.25, 0.3) is 0 Å². The third-order valence-corrected chi connectivity index (χ3v) is 3.80. The molecule has 7 heteroatoms. The average molecular weight is 297 g/mol. The Hall–Kier alpha value is -1.92. The zero-order chi connectivity index (χ0) is 15.9. The largest absolute Gasteiger partial charge is 0.481 e. The number of nitrogens with zero attached hydrogens (tertiary/aromatic N) is 2. The molecule has 0 spiro atoms. The SMILES string of the molecule is CCC(CC)(CNC(=O)CCCc1nc(C)no1)C(=O)O. The first kappa shape index (κ1) is 17.1. The summed E-state index contributed by atoms with van der Waals surface area (Å²) in [6.45, 7) is 5.54. The lowest BCUT2D eigenvalue weighted by Gasteiger charge is -2.26. The molecule has 0 unspecified atom stereocenters. The molecule has 0 bridgehead atoms. The van der Waals surface area contributed by atoms with E-state index in [1.165, 1.54) is 0 Å². The number of amides is 1. The van der Waals surface area contributed by atoms with Gasteiger partial charge in [-0.15, -0.1) is 0 Å². The predicted molar refractivity (Wildman–Crippen MR) is 75.6 cm³/mol. The summed E-state index contributed by atoms with van der Waals surface area (Å²) in [5.41, 5.74) is -0.876. The van der Waals surface area contributed by atoms with Crippen molar-refractivity contribution in [2.45, 2.75) is 52.9 Å². The van der Waals surface area contributed by atoms with Crippen molar-refractivity contribution in [1.29, 1.82) is 0 Å². The van der Waals surface area contributed by atoms with Crippen LogP contribution in [0.1, 0.15) is 51.2 Å². The first-order valence-corrected chi connectivity index (χ1v) is 7.22. The van der Waals surface area contributed by atoms with E-state index in [0.29, 0.717) is 43.8 Å². The number of nitrogens with one attached hydrogen (secondary N) is 1. The van der Waals surface area contributed by atoms with E-state index in [1.807, 2.05) is 13.8 Å². The minimum atomic E-state index is -0.876. The van der Waals surface area contributed by atoms with Crippen LogP contribution in [0.2, 0.25) is 0 Å². The van der Waals surface area contributed by atoms with Gasteiger partial charge in [-0.05, 0) is 26.2 Å². The number of carboxylic acid groups (broad SMARTS) is 1. The average Bonchev–Trinajstić information content (AvgIpc) is 2.86. The summed E-state index contributed by atoms with van der Waals surface area (Å²) in [4.78, 5) is 27.1. The fourth-order valence-corrected chi connectivity index (χ4v) is 2.08. The highest BCUT2D eigenvalue weighted by Gasteiger charge is 2.34. The molecular weight excluding hydrogens is 274 g/mol. The van der Waals surface area contributed by atoms with Crippen LogP contribution in [0, 0.1) is 12.3 Å². The smallest absolute Gasteiger partial charge is 0.311 e.